The maximum Gasteiger partial charge on any atom is 0.244 e. The third-order valence-electron chi connectivity index (χ3n) is 3.52. The zero-order valence-corrected chi connectivity index (χ0v) is 11.3. The van der Waals surface area contributed by atoms with E-state index in [0.717, 1.165) is 24.4 Å². The molecule has 2 aromatic rings. The van der Waals surface area contributed by atoms with Crippen LogP contribution in [0.5, 0.6) is 0 Å². The molecule has 0 aliphatic carbocycles. The van der Waals surface area contributed by atoms with Crippen LogP contribution in [0.25, 0.3) is 11.5 Å². The van der Waals surface area contributed by atoms with E-state index >= 15 is 0 Å². The Hall–Kier alpha value is -1.75. The summed E-state index contributed by atoms with van der Waals surface area (Å²) < 4.78 is 5.38. The van der Waals surface area contributed by atoms with E-state index in [9.17, 15) is 0 Å². The van der Waals surface area contributed by atoms with Gasteiger partial charge in [0.1, 0.15) is 5.69 Å². The van der Waals surface area contributed by atoms with Crippen molar-refractivity contribution in [1.82, 2.24) is 20.4 Å². The van der Waals surface area contributed by atoms with Crippen LogP contribution in [-0.4, -0.2) is 21.7 Å². The van der Waals surface area contributed by atoms with Crippen LogP contribution in [0.3, 0.4) is 0 Å². The summed E-state index contributed by atoms with van der Waals surface area (Å²) in [6.07, 6.45) is 2.25. The smallest absolute Gasteiger partial charge is 0.244 e. The fourth-order valence-corrected chi connectivity index (χ4v) is 2.44. The third kappa shape index (κ3) is 2.66. The van der Waals surface area contributed by atoms with Gasteiger partial charge in [-0.2, -0.15) is 4.98 Å². The second kappa shape index (κ2) is 5.09. The number of nitrogens with one attached hydrogen (secondary N) is 1. The van der Waals surface area contributed by atoms with Crippen LogP contribution in [0.2, 0.25) is 0 Å². The summed E-state index contributed by atoms with van der Waals surface area (Å²) >= 11 is 0. The van der Waals surface area contributed by atoms with E-state index < -0.39 is 0 Å². The van der Waals surface area contributed by atoms with Gasteiger partial charge in [-0.25, -0.2) is 4.98 Å². The molecule has 100 valence electrons. The molecule has 1 saturated heterocycles. The van der Waals surface area contributed by atoms with Crippen molar-refractivity contribution in [3.05, 3.63) is 29.8 Å². The Bertz CT molecular complexity index is 566. The van der Waals surface area contributed by atoms with E-state index in [1.807, 2.05) is 25.1 Å². The molecule has 5 nitrogen and oxygen atoms in total. The quantitative estimate of drug-likeness (QED) is 0.896. The number of nitrogens with zero attached hydrogens (tertiary/aromatic N) is 3. The van der Waals surface area contributed by atoms with E-state index in [-0.39, 0.29) is 6.04 Å². The molecule has 0 aromatic carbocycles. The highest BCUT2D eigenvalue weighted by atomic mass is 16.5. The maximum atomic E-state index is 5.38. The fourth-order valence-electron chi connectivity index (χ4n) is 2.44. The minimum absolute atomic E-state index is 0.176. The summed E-state index contributed by atoms with van der Waals surface area (Å²) in [6, 6.07) is 5.98. The SMILES string of the molecule is Cc1cccc(-c2noc(C3CC(C)CCN3)n2)n1. The van der Waals surface area contributed by atoms with Crippen molar-refractivity contribution in [3.63, 3.8) is 0 Å². The average Bonchev–Trinajstić information content (AvgIpc) is 2.88. The van der Waals surface area contributed by atoms with Crippen molar-refractivity contribution in [1.29, 1.82) is 0 Å². The third-order valence-corrected chi connectivity index (χ3v) is 3.52. The Labute approximate surface area is 112 Å². The molecule has 2 aromatic heterocycles. The van der Waals surface area contributed by atoms with E-state index in [2.05, 4.69) is 27.4 Å². The first-order valence-electron chi connectivity index (χ1n) is 6.73. The van der Waals surface area contributed by atoms with Crippen LogP contribution in [0.4, 0.5) is 0 Å². The summed E-state index contributed by atoms with van der Waals surface area (Å²) in [5.74, 6) is 1.93. The minimum Gasteiger partial charge on any atom is -0.337 e. The summed E-state index contributed by atoms with van der Waals surface area (Å²) in [4.78, 5) is 8.89. The van der Waals surface area contributed by atoms with Gasteiger partial charge < -0.3 is 9.84 Å². The van der Waals surface area contributed by atoms with Crippen LogP contribution in [0, 0.1) is 12.8 Å². The molecule has 0 amide bonds. The van der Waals surface area contributed by atoms with Gasteiger partial charge in [0.15, 0.2) is 0 Å². The van der Waals surface area contributed by atoms with Crippen molar-refractivity contribution in [3.8, 4) is 11.5 Å². The molecule has 3 heterocycles. The molecule has 1 fully saturated rings. The lowest BCUT2D eigenvalue weighted by atomic mass is 9.94. The lowest BCUT2D eigenvalue weighted by Gasteiger charge is -2.25. The maximum absolute atomic E-state index is 5.38. The second-order valence-corrected chi connectivity index (χ2v) is 5.26. The van der Waals surface area contributed by atoms with Gasteiger partial charge in [0.05, 0.1) is 6.04 Å². The Morgan fingerprint density at radius 3 is 3.00 bits per heavy atom. The Morgan fingerprint density at radius 1 is 1.32 bits per heavy atom. The van der Waals surface area contributed by atoms with E-state index in [4.69, 9.17) is 4.52 Å². The highest BCUT2D eigenvalue weighted by Crippen LogP contribution is 2.26. The van der Waals surface area contributed by atoms with Gasteiger partial charge in [-0.1, -0.05) is 18.1 Å². The molecule has 0 bridgehead atoms. The molecule has 0 saturated carbocycles. The van der Waals surface area contributed by atoms with Gasteiger partial charge in [0.25, 0.3) is 0 Å². The molecule has 0 spiro atoms. The Morgan fingerprint density at radius 2 is 2.21 bits per heavy atom. The van der Waals surface area contributed by atoms with Crippen molar-refractivity contribution >= 4 is 0 Å². The largest absolute Gasteiger partial charge is 0.337 e. The zero-order chi connectivity index (χ0) is 13.2. The monoisotopic (exact) mass is 258 g/mol. The normalized spacial score (nSPS) is 23.5. The number of hydrogen-bond acceptors (Lipinski definition) is 5. The summed E-state index contributed by atoms with van der Waals surface area (Å²) in [5, 5.41) is 7.46. The van der Waals surface area contributed by atoms with Crippen molar-refractivity contribution in [2.24, 2.45) is 5.92 Å². The zero-order valence-electron chi connectivity index (χ0n) is 11.3. The first-order chi connectivity index (χ1) is 9.22. The Balaban J connectivity index is 1.83. The molecule has 0 radical (unpaired) electrons. The molecule has 1 aliphatic rings. The van der Waals surface area contributed by atoms with E-state index in [1.165, 1.54) is 6.42 Å². The molecule has 2 atom stereocenters. The van der Waals surface area contributed by atoms with E-state index in [0.29, 0.717) is 17.6 Å². The van der Waals surface area contributed by atoms with Crippen LogP contribution in [-0.2, 0) is 0 Å². The summed E-state index contributed by atoms with van der Waals surface area (Å²) in [7, 11) is 0. The van der Waals surface area contributed by atoms with Gasteiger partial charge in [-0.05, 0) is 44.4 Å². The van der Waals surface area contributed by atoms with Gasteiger partial charge in [0, 0.05) is 5.69 Å². The topological polar surface area (TPSA) is 63.8 Å². The minimum atomic E-state index is 0.176. The fraction of sp³-hybridized carbons (Fsp3) is 0.500. The molecular formula is C14H18N4O. The van der Waals surface area contributed by atoms with Crippen LogP contribution < -0.4 is 5.32 Å². The molecule has 5 heteroatoms. The number of piperidine rings is 1. The Kier molecular flexibility index (Phi) is 3.29. The first kappa shape index (κ1) is 12.3. The number of aromatic nitrogens is 3. The standard InChI is InChI=1S/C14H18N4O/c1-9-6-7-15-12(8-9)14-17-13(18-19-14)11-5-3-4-10(2)16-11/h3-5,9,12,15H,6-8H2,1-2H3. The number of rotatable bonds is 2. The highest BCUT2D eigenvalue weighted by molar-refractivity contribution is 5.48. The van der Waals surface area contributed by atoms with Gasteiger partial charge >= 0.3 is 0 Å². The predicted octanol–water partition coefficient (Wildman–Crippen LogP) is 2.50. The van der Waals surface area contributed by atoms with Crippen molar-refractivity contribution in [2.45, 2.75) is 32.7 Å². The predicted molar refractivity (Wildman–Crippen MR) is 71.4 cm³/mol. The molecule has 3 rings (SSSR count). The van der Waals surface area contributed by atoms with Crippen LogP contribution in [0.1, 0.15) is 37.4 Å². The first-order valence-corrected chi connectivity index (χ1v) is 6.73. The van der Waals surface area contributed by atoms with Crippen LogP contribution >= 0.6 is 0 Å². The molecule has 19 heavy (non-hydrogen) atoms. The van der Waals surface area contributed by atoms with Crippen molar-refractivity contribution in [2.75, 3.05) is 6.54 Å². The second-order valence-electron chi connectivity index (χ2n) is 5.26. The average molecular weight is 258 g/mol. The van der Waals surface area contributed by atoms with Gasteiger partial charge in [0.2, 0.25) is 11.7 Å². The molecule has 2 unspecified atom stereocenters. The van der Waals surface area contributed by atoms with Crippen LogP contribution in [0.15, 0.2) is 22.7 Å². The van der Waals surface area contributed by atoms with Crippen molar-refractivity contribution < 1.29 is 4.52 Å². The van der Waals surface area contributed by atoms with Gasteiger partial charge in [-0.3, -0.25) is 0 Å². The molecule has 1 N–H and O–H groups in total. The number of pyridine rings is 1. The summed E-state index contributed by atoms with van der Waals surface area (Å²) in [6.45, 7) is 5.22. The van der Waals surface area contributed by atoms with Gasteiger partial charge in [-0.15, -0.1) is 0 Å². The lowest BCUT2D eigenvalue weighted by Crippen LogP contribution is -2.30. The molecular weight excluding hydrogens is 240 g/mol. The lowest BCUT2D eigenvalue weighted by molar-refractivity contribution is 0.260. The molecule has 1 aliphatic heterocycles. The number of hydrogen-bond donors (Lipinski definition) is 1. The van der Waals surface area contributed by atoms with E-state index in [1.54, 1.807) is 0 Å². The number of aryl methyl sites for hydroxylation is 1. The summed E-state index contributed by atoms with van der Waals surface area (Å²) in [5.41, 5.74) is 1.71. The highest BCUT2D eigenvalue weighted by Gasteiger charge is 2.25.